The van der Waals surface area contributed by atoms with Crippen LogP contribution in [0.1, 0.15) is 43.5 Å². The number of benzene rings is 3. The van der Waals surface area contributed by atoms with E-state index in [-0.39, 0.29) is 6.10 Å². The van der Waals surface area contributed by atoms with Gasteiger partial charge in [-0.3, -0.25) is 4.57 Å². The third kappa shape index (κ3) is 6.09. The molecule has 3 aromatic rings. The van der Waals surface area contributed by atoms with Gasteiger partial charge in [-0.15, -0.1) is 0 Å². The summed E-state index contributed by atoms with van der Waals surface area (Å²) in [6, 6.07) is 26.3. The molecule has 5 nitrogen and oxygen atoms in total. The minimum Gasteiger partial charge on any atom is -0.378 e. The largest absolute Gasteiger partial charge is 0.378 e. The molecule has 0 saturated heterocycles. The van der Waals surface area contributed by atoms with E-state index in [1.165, 1.54) is 6.42 Å². The summed E-state index contributed by atoms with van der Waals surface area (Å²) in [6.07, 6.45) is 5.38. The normalized spacial score (nSPS) is 16.8. The first-order valence-corrected chi connectivity index (χ1v) is 14.2. The molecule has 4 rings (SSSR count). The Labute approximate surface area is 210 Å². The number of nitrogens with one attached hydrogen (secondary N) is 1. The van der Waals surface area contributed by atoms with Crippen LogP contribution in [0.2, 0.25) is 0 Å². The minimum atomic E-state index is -3.37. The Morgan fingerprint density at radius 2 is 1.31 bits per heavy atom. The molecule has 1 fully saturated rings. The van der Waals surface area contributed by atoms with Crippen molar-refractivity contribution in [2.24, 2.45) is 0 Å². The summed E-state index contributed by atoms with van der Waals surface area (Å²) in [5, 5.41) is 4.35. The van der Waals surface area contributed by atoms with Crippen molar-refractivity contribution in [3.8, 4) is 0 Å². The van der Waals surface area contributed by atoms with Gasteiger partial charge in [-0.2, -0.15) is 0 Å². The van der Waals surface area contributed by atoms with Gasteiger partial charge in [-0.1, -0.05) is 49.6 Å². The highest BCUT2D eigenvalue weighted by molar-refractivity contribution is 7.67. The molecule has 35 heavy (non-hydrogen) atoms. The van der Waals surface area contributed by atoms with Gasteiger partial charge in [0, 0.05) is 50.6 Å². The molecule has 6 heteroatoms. The van der Waals surface area contributed by atoms with Crippen molar-refractivity contribution < 1.29 is 9.09 Å². The molecular weight excluding hydrogens is 453 g/mol. The lowest BCUT2D eigenvalue weighted by atomic mass is 9.98. The van der Waals surface area contributed by atoms with Crippen LogP contribution >= 0.6 is 7.37 Å². The quantitative estimate of drug-likeness (QED) is 0.331. The molecule has 1 aliphatic rings. The van der Waals surface area contributed by atoms with E-state index in [1.54, 1.807) is 0 Å². The molecule has 1 N–H and O–H groups in total. The summed E-state index contributed by atoms with van der Waals surface area (Å²) in [6.45, 7) is 0. The smallest absolute Gasteiger partial charge is 0.258 e. The zero-order valence-corrected chi connectivity index (χ0v) is 22.2. The van der Waals surface area contributed by atoms with Crippen molar-refractivity contribution in [2.45, 2.75) is 44.0 Å². The first-order valence-electron chi connectivity index (χ1n) is 12.5. The van der Waals surface area contributed by atoms with Gasteiger partial charge in [0.05, 0.1) is 6.10 Å². The SMILES string of the molecule is CN(C)c1ccc([C@H](Nc2ccccc2)[P@@](=O)(OC2CCCCC2)c2ccc(N(C)C)cc2)cc1. The predicted molar refractivity (Wildman–Crippen MR) is 150 cm³/mol. The summed E-state index contributed by atoms with van der Waals surface area (Å²) in [5.41, 5.74) is 4.05. The van der Waals surface area contributed by atoms with Crippen molar-refractivity contribution in [3.05, 3.63) is 84.4 Å². The fourth-order valence-electron chi connectivity index (χ4n) is 4.63. The molecule has 0 amide bonds. The molecule has 0 aromatic heterocycles. The lowest BCUT2D eigenvalue weighted by molar-refractivity contribution is 0.159. The number of rotatable bonds is 9. The number of nitrogens with zero attached hydrogens (tertiary/aromatic N) is 2. The second kappa shape index (κ2) is 11.3. The molecular formula is C29H38N3O2P. The summed E-state index contributed by atoms with van der Waals surface area (Å²) >= 11 is 0. The van der Waals surface area contributed by atoms with Crippen LogP contribution in [0.15, 0.2) is 78.9 Å². The predicted octanol–water partition coefficient (Wildman–Crippen LogP) is 6.88. The topological polar surface area (TPSA) is 44.8 Å². The average Bonchev–Trinajstić information content (AvgIpc) is 2.88. The Bertz CT molecular complexity index is 1110. The molecule has 1 aliphatic carbocycles. The highest BCUT2D eigenvalue weighted by atomic mass is 31.2. The van der Waals surface area contributed by atoms with Crippen molar-refractivity contribution in [2.75, 3.05) is 43.3 Å². The molecule has 0 spiro atoms. The minimum absolute atomic E-state index is 0.00392. The molecule has 3 aromatic carbocycles. The summed E-state index contributed by atoms with van der Waals surface area (Å²) in [5.74, 6) is -0.506. The number of hydrogen-bond donors (Lipinski definition) is 1. The molecule has 0 unspecified atom stereocenters. The van der Waals surface area contributed by atoms with Gasteiger partial charge in [-0.05, 0) is 66.9 Å². The Morgan fingerprint density at radius 3 is 1.86 bits per heavy atom. The van der Waals surface area contributed by atoms with Crippen LogP contribution in [0.4, 0.5) is 17.1 Å². The third-order valence-electron chi connectivity index (χ3n) is 6.73. The van der Waals surface area contributed by atoms with Crippen LogP contribution in [-0.2, 0) is 9.09 Å². The van der Waals surface area contributed by atoms with Gasteiger partial charge in [0.25, 0.3) is 7.37 Å². The lowest BCUT2D eigenvalue weighted by Gasteiger charge is -2.34. The molecule has 0 radical (unpaired) electrons. The van der Waals surface area contributed by atoms with E-state index in [9.17, 15) is 0 Å². The first kappa shape index (κ1) is 25.3. The average molecular weight is 492 g/mol. The Morgan fingerprint density at radius 1 is 0.771 bits per heavy atom. The van der Waals surface area contributed by atoms with Crippen LogP contribution in [0.5, 0.6) is 0 Å². The maximum Gasteiger partial charge on any atom is 0.258 e. The van der Waals surface area contributed by atoms with Crippen LogP contribution in [-0.4, -0.2) is 34.3 Å². The van der Waals surface area contributed by atoms with Gasteiger partial charge < -0.3 is 19.6 Å². The number of anilines is 3. The van der Waals surface area contributed by atoms with E-state index < -0.39 is 13.2 Å². The summed E-state index contributed by atoms with van der Waals surface area (Å²) < 4.78 is 21.9. The van der Waals surface area contributed by atoms with E-state index in [0.717, 1.165) is 53.6 Å². The third-order valence-corrected chi connectivity index (χ3v) is 9.46. The van der Waals surface area contributed by atoms with Crippen LogP contribution in [0, 0.1) is 0 Å². The first-order chi connectivity index (χ1) is 16.9. The van der Waals surface area contributed by atoms with Crippen LogP contribution in [0.25, 0.3) is 0 Å². The van der Waals surface area contributed by atoms with Crippen LogP contribution < -0.4 is 20.4 Å². The Kier molecular flexibility index (Phi) is 8.20. The van der Waals surface area contributed by atoms with Gasteiger partial charge >= 0.3 is 0 Å². The molecule has 0 aliphatic heterocycles. The highest BCUT2D eigenvalue weighted by Crippen LogP contribution is 2.60. The molecule has 186 valence electrons. The van der Waals surface area contributed by atoms with E-state index >= 15 is 4.57 Å². The maximum absolute atomic E-state index is 15.2. The molecule has 2 atom stereocenters. The Hall–Kier alpha value is -2.75. The van der Waals surface area contributed by atoms with Crippen LogP contribution in [0.3, 0.4) is 0 Å². The monoisotopic (exact) mass is 491 g/mol. The maximum atomic E-state index is 15.2. The molecule has 0 heterocycles. The van der Waals surface area contributed by atoms with E-state index in [1.807, 2.05) is 82.8 Å². The van der Waals surface area contributed by atoms with Crippen molar-refractivity contribution in [1.29, 1.82) is 0 Å². The molecule has 1 saturated carbocycles. The fourth-order valence-corrected chi connectivity index (χ4v) is 7.28. The van der Waals surface area contributed by atoms with Crippen molar-refractivity contribution >= 4 is 29.7 Å². The second-order valence-electron chi connectivity index (χ2n) is 9.77. The lowest BCUT2D eigenvalue weighted by Crippen LogP contribution is -2.25. The number of hydrogen-bond acceptors (Lipinski definition) is 5. The summed E-state index contributed by atoms with van der Waals surface area (Å²) in [4.78, 5) is 4.12. The van der Waals surface area contributed by atoms with E-state index in [2.05, 4.69) is 39.4 Å². The van der Waals surface area contributed by atoms with Gasteiger partial charge in [-0.25, -0.2) is 0 Å². The van der Waals surface area contributed by atoms with E-state index in [4.69, 9.17) is 4.52 Å². The highest BCUT2D eigenvalue weighted by Gasteiger charge is 2.40. The van der Waals surface area contributed by atoms with Gasteiger partial charge in [0.2, 0.25) is 0 Å². The van der Waals surface area contributed by atoms with Gasteiger partial charge in [0.15, 0.2) is 0 Å². The fraction of sp³-hybridized carbons (Fsp3) is 0.379. The standard InChI is InChI=1S/C29H38N3O2P/c1-31(2)25-17-15-23(16-18-25)29(30-24-11-7-5-8-12-24)35(33,34-27-13-9-6-10-14-27)28-21-19-26(20-22-28)32(3)4/h5,7-8,11-12,15-22,27,29-30H,6,9-10,13-14H2,1-4H3/t29-,35+/m1/s1. The van der Waals surface area contributed by atoms with Crippen molar-refractivity contribution in [1.82, 2.24) is 0 Å². The number of para-hydroxylation sites is 1. The Balaban J connectivity index is 1.80. The zero-order valence-electron chi connectivity index (χ0n) is 21.4. The van der Waals surface area contributed by atoms with E-state index in [0.29, 0.717) is 0 Å². The molecule has 0 bridgehead atoms. The van der Waals surface area contributed by atoms with Crippen molar-refractivity contribution in [3.63, 3.8) is 0 Å². The van der Waals surface area contributed by atoms with Gasteiger partial charge in [0.1, 0.15) is 5.78 Å². The summed E-state index contributed by atoms with van der Waals surface area (Å²) in [7, 11) is 4.71. The second-order valence-corrected chi connectivity index (χ2v) is 12.2. The zero-order chi connectivity index (χ0) is 24.8.